The first-order valence-corrected chi connectivity index (χ1v) is 9.15. The second-order valence-electron chi connectivity index (χ2n) is 5.45. The topological polar surface area (TPSA) is 40.2 Å². The lowest BCUT2D eigenvalue weighted by Gasteiger charge is -2.44. The van der Waals surface area contributed by atoms with Crippen molar-refractivity contribution in [3.05, 3.63) is 0 Å². The van der Waals surface area contributed by atoms with Gasteiger partial charge < -0.3 is 22.9 Å². The number of fused-ring (bicyclic) bond motifs is 3. The van der Waals surface area contributed by atoms with Gasteiger partial charge in [-0.15, -0.1) is 0 Å². The summed E-state index contributed by atoms with van der Waals surface area (Å²) in [6, 6.07) is 0.817. The fourth-order valence-electron chi connectivity index (χ4n) is 3.18. The third kappa shape index (κ3) is 3.77. The molecule has 6 heteroatoms. The second kappa shape index (κ2) is 7.15. The molecule has 0 aromatic heterocycles. The van der Waals surface area contributed by atoms with E-state index in [-0.39, 0.29) is 0 Å². The maximum absolute atomic E-state index is 6.06. The minimum absolute atomic E-state index is 0.436. The zero-order valence-corrected chi connectivity index (χ0v) is 13.4. The van der Waals surface area contributed by atoms with Crippen LogP contribution in [-0.4, -0.2) is 67.4 Å². The van der Waals surface area contributed by atoms with Crippen LogP contribution in [0.4, 0.5) is 0 Å². The summed E-state index contributed by atoms with van der Waals surface area (Å²) in [6.45, 7) is 4.42. The maximum Gasteiger partial charge on any atom is 0.500 e. The van der Waals surface area contributed by atoms with Crippen molar-refractivity contribution in [2.75, 3.05) is 47.6 Å². The molecule has 1 atom stereocenters. The average molecular weight is 289 g/mol. The fourth-order valence-corrected chi connectivity index (χ4v) is 4.87. The number of hydrogen-bond acceptors (Lipinski definition) is 5. The number of piperidine rings is 3. The molecule has 0 aliphatic carbocycles. The van der Waals surface area contributed by atoms with Crippen LogP contribution in [0.3, 0.4) is 0 Å². The highest BCUT2D eigenvalue weighted by Crippen LogP contribution is 2.29. The lowest BCUT2D eigenvalue weighted by molar-refractivity contribution is -0.0696. The molecule has 0 spiro atoms. The molecule has 3 aliphatic rings. The van der Waals surface area contributed by atoms with E-state index in [9.17, 15) is 0 Å². The van der Waals surface area contributed by atoms with Crippen LogP contribution in [0.2, 0.25) is 6.04 Å². The van der Waals surface area contributed by atoms with E-state index < -0.39 is 8.80 Å². The van der Waals surface area contributed by atoms with Gasteiger partial charge in [0.1, 0.15) is 0 Å². The van der Waals surface area contributed by atoms with E-state index >= 15 is 0 Å². The molecule has 2 bridgehead atoms. The summed E-state index contributed by atoms with van der Waals surface area (Å²) >= 11 is 0. The van der Waals surface area contributed by atoms with E-state index in [4.69, 9.17) is 18.0 Å². The van der Waals surface area contributed by atoms with E-state index in [2.05, 4.69) is 4.90 Å². The van der Waals surface area contributed by atoms with Crippen molar-refractivity contribution in [2.24, 2.45) is 5.92 Å². The Labute approximate surface area is 117 Å². The predicted octanol–water partition coefficient (Wildman–Crippen LogP) is 1.37. The molecule has 0 aromatic carbocycles. The van der Waals surface area contributed by atoms with Gasteiger partial charge in [0, 0.05) is 40.5 Å². The Morgan fingerprint density at radius 2 is 1.68 bits per heavy atom. The quantitative estimate of drug-likeness (QED) is 0.498. The first kappa shape index (κ1) is 15.4. The van der Waals surface area contributed by atoms with Crippen molar-refractivity contribution in [1.82, 2.24) is 4.90 Å². The highest BCUT2D eigenvalue weighted by Gasteiger charge is 2.38. The molecule has 0 aromatic rings. The molecule has 19 heavy (non-hydrogen) atoms. The van der Waals surface area contributed by atoms with E-state index in [0.717, 1.165) is 31.5 Å². The number of hydrogen-bond donors (Lipinski definition) is 0. The molecule has 3 fully saturated rings. The van der Waals surface area contributed by atoms with Gasteiger partial charge in [-0.1, -0.05) is 0 Å². The van der Waals surface area contributed by atoms with Crippen LogP contribution in [0.5, 0.6) is 0 Å². The smallest absolute Gasteiger partial charge is 0.377 e. The second-order valence-corrected chi connectivity index (χ2v) is 8.54. The van der Waals surface area contributed by atoms with E-state index in [0.29, 0.717) is 6.10 Å². The zero-order valence-electron chi connectivity index (χ0n) is 12.4. The average Bonchev–Trinajstić information content (AvgIpc) is 2.49. The summed E-state index contributed by atoms with van der Waals surface area (Å²) in [5.41, 5.74) is 0. The Bertz CT molecular complexity index is 259. The van der Waals surface area contributed by atoms with Crippen molar-refractivity contribution >= 4 is 8.80 Å². The number of ether oxygens (including phenoxy) is 1. The van der Waals surface area contributed by atoms with Gasteiger partial charge in [-0.05, 0) is 38.3 Å². The maximum atomic E-state index is 6.06. The van der Waals surface area contributed by atoms with Gasteiger partial charge in [-0.2, -0.15) is 0 Å². The minimum Gasteiger partial charge on any atom is -0.377 e. The van der Waals surface area contributed by atoms with Crippen LogP contribution in [0.15, 0.2) is 0 Å². The SMILES string of the molecule is CO[Si](CCCOC1CN2CCC1CC2)(OC)OC. The third-order valence-electron chi connectivity index (χ3n) is 4.49. The van der Waals surface area contributed by atoms with E-state index in [1.165, 1.54) is 25.9 Å². The minimum atomic E-state index is -2.41. The van der Waals surface area contributed by atoms with Crippen LogP contribution in [0, 0.1) is 5.92 Å². The van der Waals surface area contributed by atoms with Gasteiger partial charge in [-0.25, -0.2) is 0 Å². The molecule has 5 nitrogen and oxygen atoms in total. The summed E-state index contributed by atoms with van der Waals surface area (Å²) in [4.78, 5) is 2.52. The van der Waals surface area contributed by atoms with Gasteiger partial charge in [0.25, 0.3) is 0 Å². The normalized spacial score (nSPS) is 30.8. The lowest BCUT2D eigenvalue weighted by atomic mass is 9.86. The molecular formula is C13H27NO4Si. The van der Waals surface area contributed by atoms with Gasteiger partial charge in [-0.3, -0.25) is 0 Å². The summed E-state index contributed by atoms with van der Waals surface area (Å²) in [5, 5.41) is 0. The molecule has 0 amide bonds. The molecule has 3 saturated heterocycles. The van der Waals surface area contributed by atoms with Gasteiger partial charge in [0.2, 0.25) is 0 Å². The van der Waals surface area contributed by atoms with Crippen molar-refractivity contribution < 1.29 is 18.0 Å². The molecule has 0 N–H and O–H groups in total. The lowest BCUT2D eigenvalue weighted by Crippen LogP contribution is -2.51. The van der Waals surface area contributed by atoms with Crippen molar-refractivity contribution in [1.29, 1.82) is 0 Å². The largest absolute Gasteiger partial charge is 0.500 e. The standard InChI is InChI=1S/C13H27NO4Si/c1-15-19(16-2,17-3)10-4-9-18-13-11-14-7-5-12(13)6-8-14/h12-13H,4-11H2,1-3H3. The molecular weight excluding hydrogens is 262 g/mol. The molecule has 3 rings (SSSR count). The molecule has 0 saturated carbocycles. The Kier molecular flexibility index (Phi) is 5.80. The van der Waals surface area contributed by atoms with Crippen LogP contribution in [-0.2, 0) is 18.0 Å². The van der Waals surface area contributed by atoms with Crippen LogP contribution >= 0.6 is 0 Å². The summed E-state index contributed by atoms with van der Waals surface area (Å²) < 4.78 is 22.3. The van der Waals surface area contributed by atoms with E-state index in [1.807, 2.05) is 0 Å². The van der Waals surface area contributed by atoms with Crippen molar-refractivity contribution in [3.8, 4) is 0 Å². The molecule has 0 radical (unpaired) electrons. The fraction of sp³-hybridized carbons (Fsp3) is 1.00. The molecule has 3 heterocycles. The Morgan fingerprint density at radius 1 is 1.05 bits per heavy atom. The zero-order chi connectivity index (χ0) is 13.7. The van der Waals surface area contributed by atoms with Crippen LogP contribution < -0.4 is 0 Å². The van der Waals surface area contributed by atoms with Crippen LogP contribution in [0.1, 0.15) is 19.3 Å². The van der Waals surface area contributed by atoms with E-state index in [1.54, 1.807) is 21.3 Å². The molecule has 3 aliphatic heterocycles. The molecule has 1 unspecified atom stereocenters. The molecule has 112 valence electrons. The Hall–Kier alpha value is 0.0169. The van der Waals surface area contributed by atoms with Gasteiger partial charge >= 0.3 is 8.80 Å². The van der Waals surface area contributed by atoms with Crippen molar-refractivity contribution in [3.63, 3.8) is 0 Å². The summed E-state index contributed by atoms with van der Waals surface area (Å²) in [6.07, 6.45) is 3.98. The Morgan fingerprint density at radius 3 is 2.16 bits per heavy atom. The summed E-state index contributed by atoms with van der Waals surface area (Å²) in [5.74, 6) is 0.777. The van der Waals surface area contributed by atoms with Crippen LogP contribution in [0.25, 0.3) is 0 Å². The monoisotopic (exact) mass is 289 g/mol. The third-order valence-corrected chi connectivity index (χ3v) is 7.32. The number of rotatable bonds is 8. The summed E-state index contributed by atoms with van der Waals surface area (Å²) in [7, 11) is 2.57. The van der Waals surface area contributed by atoms with Gasteiger partial charge in [0.05, 0.1) is 6.10 Å². The highest BCUT2D eigenvalue weighted by molar-refractivity contribution is 6.60. The number of nitrogens with zero attached hydrogens (tertiary/aromatic N) is 1. The van der Waals surface area contributed by atoms with Crippen molar-refractivity contribution in [2.45, 2.75) is 31.4 Å². The Balaban J connectivity index is 1.66. The predicted molar refractivity (Wildman–Crippen MR) is 75.1 cm³/mol. The highest BCUT2D eigenvalue weighted by atomic mass is 28.4. The first-order valence-electron chi connectivity index (χ1n) is 7.22. The van der Waals surface area contributed by atoms with Gasteiger partial charge in [0.15, 0.2) is 0 Å². The first-order chi connectivity index (χ1) is 9.23.